The molecule has 17 heavy (non-hydrogen) atoms. The molecule has 0 bridgehead atoms. The molecule has 0 saturated carbocycles. The smallest absolute Gasteiger partial charge is 0.227 e. The van der Waals surface area contributed by atoms with E-state index >= 15 is 0 Å². The van der Waals surface area contributed by atoms with E-state index in [-0.39, 0.29) is 36.1 Å². The number of carbonyl (C=O) groups excluding carboxylic acids is 1. The molecule has 0 radical (unpaired) electrons. The molecule has 104 valence electrons. The molecule has 6 heteroatoms. The highest BCUT2D eigenvalue weighted by atomic mass is 35.5. The number of nitrogens with two attached hydrogens (primary N) is 1. The molecule has 4 nitrogen and oxygen atoms in total. The maximum absolute atomic E-state index is 12.1. The molecule has 1 unspecified atom stereocenters. The van der Waals surface area contributed by atoms with Crippen LogP contribution in [0.15, 0.2) is 0 Å². The first kappa shape index (κ1) is 19.3. The lowest BCUT2D eigenvalue weighted by Crippen LogP contribution is -2.49. The van der Waals surface area contributed by atoms with Crippen LogP contribution in [0, 0.1) is 5.41 Å². The Morgan fingerprint density at radius 1 is 1.41 bits per heavy atom. The fraction of sp³-hybridized carbons (Fsp3) is 0.909. The molecule has 1 saturated heterocycles. The molecule has 0 aliphatic carbocycles. The van der Waals surface area contributed by atoms with Gasteiger partial charge in [0.15, 0.2) is 0 Å². The molecule has 1 atom stereocenters. The number of rotatable bonds is 5. The van der Waals surface area contributed by atoms with Crippen molar-refractivity contribution in [2.45, 2.75) is 39.2 Å². The van der Waals surface area contributed by atoms with Crippen molar-refractivity contribution in [3.63, 3.8) is 0 Å². The van der Waals surface area contributed by atoms with Gasteiger partial charge in [-0.25, -0.2) is 0 Å². The van der Waals surface area contributed by atoms with E-state index in [0.29, 0.717) is 12.6 Å². The van der Waals surface area contributed by atoms with Gasteiger partial charge in [0.25, 0.3) is 0 Å². The second kappa shape index (κ2) is 8.97. The SMILES string of the molecule is CCC(CC)(CN)C(=O)NC1CCNC1.Cl.Cl. The van der Waals surface area contributed by atoms with Crippen LogP contribution in [-0.4, -0.2) is 31.6 Å². The predicted molar refractivity (Wildman–Crippen MR) is 76.0 cm³/mol. The Hall–Kier alpha value is -0.0300. The minimum absolute atomic E-state index is 0. The van der Waals surface area contributed by atoms with Gasteiger partial charge in [0, 0.05) is 19.1 Å². The number of halogens is 2. The van der Waals surface area contributed by atoms with E-state index in [2.05, 4.69) is 10.6 Å². The maximum Gasteiger partial charge on any atom is 0.227 e. The summed E-state index contributed by atoms with van der Waals surface area (Å²) < 4.78 is 0. The molecule has 0 aromatic heterocycles. The Kier molecular flexibility index (Phi) is 10.2. The van der Waals surface area contributed by atoms with Gasteiger partial charge in [0.2, 0.25) is 5.91 Å². The van der Waals surface area contributed by atoms with Crippen molar-refractivity contribution in [2.24, 2.45) is 11.1 Å². The lowest BCUT2D eigenvalue weighted by Gasteiger charge is -2.30. The van der Waals surface area contributed by atoms with Crippen LogP contribution in [0.1, 0.15) is 33.1 Å². The van der Waals surface area contributed by atoms with Crippen molar-refractivity contribution < 1.29 is 4.79 Å². The molecule has 1 fully saturated rings. The summed E-state index contributed by atoms with van der Waals surface area (Å²) >= 11 is 0. The first-order valence-corrected chi connectivity index (χ1v) is 5.90. The molecule has 0 spiro atoms. The van der Waals surface area contributed by atoms with Crippen molar-refractivity contribution in [1.29, 1.82) is 0 Å². The van der Waals surface area contributed by atoms with Crippen molar-refractivity contribution in [2.75, 3.05) is 19.6 Å². The van der Waals surface area contributed by atoms with Gasteiger partial charge in [0.05, 0.1) is 5.41 Å². The zero-order valence-electron chi connectivity index (χ0n) is 10.6. The molecular weight excluding hydrogens is 261 g/mol. The average molecular weight is 286 g/mol. The quantitative estimate of drug-likeness (QED) is 0.708. The number of hydrogen-bond acceptors (Lipinski definition) is 3. The predicted octanol–water partition coefficient (Wildman–Crippen LogP) is 1.07. The third-order valence-corrected chi connectivity index (χ3v) is 3.62. The molecular formula is C11H25Cl2N3O. The Morgan fingerprint density at radius 3 is 2.35 bits per heavy atom. The second-order valence-corrected chi connectivity index (χ2v) is 4.35. The number of hydrogen-bond donors (Lipinski definition) is 3. The summed E-state index contributed by atoms with van der Waals surface area (Å²) in [5.41, 5.74) is 5.37. The molecule has 4 N–H and O–H groups in total. The fourth-order valence-corrected chi connectivity index (χ4v) is 2.07. The molecule has 1 amide bonds. The molecule has 1 aliphatic rings. The Morgan fingerprint density at radius 2 is 2.00 bits per heavy atom. The summed E-state index contributed by atoms with van der Waals surface area (Å²) in [5.74, 6) is 0.128. The van der Waals surface area contributed by atoms with E-state index in [0.717, 1.165) is 32.4 Å². The van der Waals surface area contributed by atoms with Crippen molar-refractivity contribution in [1.82, 2.24) is 10.6 Å². The highest BCUT2D eigenvalue weighted by Gasteiger charge is 2.34. The van der Waals surface area contributed by atoms with Gasteiger partial charge in [-0.3, -0.25) is 4.79 Å². The lowest BCUT2D eigenvalue weighted by molar-refractivity contribution is -0.131. The topological polar surface area (TPSA) is 67.2 Å². The van der Waals surface area contributed by atoms with Crippen LogP contribution in [0.5, 0.6) is 0 Å². The largest absolute Gasteiger partial charge is 0.352 e. The van der Waals surface area contributed by atoms with E-state index in [1.54, 1.807) is 0 Å². The summed E-state index contributed by atoms with van der Waals surface area (Å²) in [4.78, 5) is 12.1. The summed E-state index contributed by atoms with van der Waals surface area (Å²) in [6, 6.07) is 0.293. The minimum atomic E-state index is -0.359. The summed E-state index contributed by atoms with van der Waals surface area (Å²) in [6.07, 6.45) is 2.65. The van der Waals surface area contributed by atoms with Crippen molar-refractivity contribution >= 4 is 30.7 Å². The second-order valence-electron chi connectivity index (χ2n) is 4.35. The van der Waals surface area contributed by atoms with Gasteiger partial charge in [-0.1, -0.05) is 13.8 Å². The standard InChI is InChI=1S/C11H23N3O.2ClH/c1-3-11(4-2,8-12)10(15)14-9-5-6-13-7-9;;/h9,13H,3-8,12H2,1-2H3,(H,14,15);2*1H. The number of amides is 1. The van der Waals surface area contributed by atoms with Gasteiger partial charge in [0.1, 0.15) is 0 Å². The van der Waals surface area contributed by atoms with E-state index < -0.39 is 0 Å². The third kappa shape index (κ3) is 4.62. The highest BCUT2D eigenvalue weighted by Crippen LogP contribution is 2.25. The average Bonchev–Trinajstić information content (AvgIpc) is 2.74. The van der Waals surface area contributed by atoms with Crippen molar-refractivity contribution in [3.05, 3.63) is 0 Å². The third-order valence-electron chi connectivity index (χ3n) is 3.62. The maximum atomic E-state index is 12.1. The van der Waals surface area contributed by atoms with Crippen molar-refractivity contribution in [3.8, 4) is 0 Å². The molecule has 1 heterocycles. The normalized spacial score (nSPS) is 19.1. The zero-order valence-corrected chi connectivity index (χ0v) is 12.3. The number of carbonyl (C=O) groups is 1. The minimum Gasteiger partial charge on any atom is -0.352 e. The van der Waals surface area contributed by atoms with Crippen LogP contribution >= 0.6 is 24.8 Å². The lowest BCUT2D eigenvalue weighted by atomic mass is 9.81. The van der Waals surface area contributed by atoms with Crippen LogP contribution in [0.25, 0.3) is 0 Å². The molecule has 1 aliphatic heterocycles. The fourth-order valence-electron chi connectivity index (χ4n) is 2.07. The van der Waals surface area contributed by atoms with Gasteiger partial charge >= 0.3 is 0 Å². The van der Waals surface area contributed by atoms with Gasteiger partial charge in [-0.2, -0.15) is 0 Å². The molecule has 0 aromatic rings. The van der Waals surface area contributed by atoms with E-state index in [9.17, 15) is 4.79 Å². The van der Waals surface area contributed by atoms with Gasteiger partial charge in [-0.05, 0) is 25.8 Å². The highest BCUT2D eigenvalue weighted by molar-refractivity contribution is 5.85. The van der Waals surface area contributed by atoms with E-state index in [1.165, 1.54) is 0 Å². The van der Waals surface area contributed by atoms with Crippen LogP contribution < -0.4 is 16.4 Å². The summed E-state index contributed by atoms with van der Waals surface area (Å²) in [7, 11) is 0. The Bertz CT molecular complexity index is 208. The van der Waals surface area contributed by atoms with E-state index in [4.69, 9.17) is 5.73 Å². The number of nitrogens with one attached hydrogen (secondary N) is 2. The monoisotopic (exact) mass is 285 g/mol. The van der Waals surface area contributed by atoms with Crippen LogP contribution in [-0.2, 0) is 4.79 Å². The first-order valence-electron chi connectivity index (χ1n) is 5.90. The molecule has 0 aromatic carbocycles. The van der Waals surface area contributed by atoms with Crippen LogP contribution in [0.4, 0.5) is 0 Å². The van der Waals surface area contributed by atoms with Gasteiger partial charge in [-0.15, -0.1) is 24.8 Å². The summed E-state index contributed by atoms with van der Waals surface area (Å²) in [5, 5.41) is 6.33. The summed E-state index contributed by atoms with van der Waals surface area (Å²) in [6.45, 7) is 6.39. The Labute approximate surface area is 116 Å². The first-order chi connectivity index (χ1) is 7.18. The molecule has 1 rings (SSSR count). The zero-order chi connectivity index (χ0) is 11.3. The van der Waals surface area contributed by atoms with E-state index in [1.807, 2.05) is 13.8 Å². The van der Waals surface area contributed by atoms with Gasteiger partial charge < -0.3 is 16.4 Å². The van der Waals surface area contributed by atoms with Crippen LogP contribution in [0.3, 0.4) is 0 Å². The van der Waals surface area contributed by atoms with Crippen LogP contribution in [0.2, 0.25) is 0 Å². The Balaban J connectivity index is 0.